The smallest absolute Gasteiger partial charge is 0.238 e. The average Bonchev–Trinajstić information content (AvgIpc) is 2.74. The Hall–Kier alpha value is -3.38. The highest BCUT2D eigenvalue weighted by atomic mass is 32.2. The van der Waals surface area contributed by atoms with Crippen molar-refractivity contribution in [3.63, 3.8) is 0 Å². The summed E-state index contributed by atoms with van der Waals surface area (Å²) < 4.78 is 47.1. The second-order valence-electron chi connectivity index (χ2n) is 7.61. The van der Waals surface area contributed by atoms with Gasteiger partial charge in [-0.2, -0.15) is 0 Å². The quantitative estimate of drug-likeness (QED) is 0.393. The minimum atomic E-state index is -3.90. The molecule has 11 heteroatoms. The highest BCUT2D eigenvalue weighted by Crippen LogP contribution is 2.33. The summed E-state index contributed by atoms with van der Waals surface area (Å²) in [7, 11) is -7.71. The van der Waals surface area contributed by atoms with E-state index in [0.717, 1.165) is 10.8 Å². The van der Waals surface area contributed by atoms with Gasteiger partial charge in [-0.25, -0.2) is 27.1 Å². The number of hydrogen-bond donors (Lipinski definition) is 3. The minimum absolute atomic E-state index is 0.0156. The van der Waals surface area contributed by atoms with E-state index in [1.165, 1.54) is 18.2 Å². The Bertz CT molecular complexity index is 1620. The summed E-state index contributed by atoms with van der Waals surface area (Å²) >= 11 is 0. The molecule has 3 aromatic carbocycles. The van der Waals surface area contributed by atoms with Crippen molar-refractivity contribution in [3.05, 3.63) is 71.8 Å². The van der Waals surface area contributed by atoms with Gasteiger partial charge in [0.2, 0.25) is 20.0 Å². The molecule has 0 bridgehead atoms. The van der Waals surface area contributed by atoms with E-state index in [4.69, 9.17) is 10.3 Å². The SMILES string of the molecule is Cc1cc(S(N)(=O)=O)ccc1Nc1nnc(-c2ccc(C)c(S(N)(=O)=O)c2)c2ccccc12. The molecule has 0 radical (unpaired) electrons. The van der Waals surface area contributed by atoms with E-state index in [1.807, 2.05) is 24.3 Å². The number of hydrogen-bond acceptors (Lipinski definition) is 7. The highest BCUT2D eigenvalue weighted by Gasteiger charge is 2.17. The number of primary sulfonamides is 2. The van der Waals surface area contributed by atoms with Crippen molar-refractivity contribution >= 4 is 42.3 Å². The van der Waals surface area contributed by atoms with Gasteiger partial charge in [-0.15, -0.1) is 10.2 Å². The molecule has 9 nitrogen and oxygen atoms in total. The summed E-state index contributed by atoms with van der Waals surface area (Å²) in [6.45, 7) is 3.42. The molecule has 0 amide bonds. The Morgan fingerprint density at radius 2 is 1.45 bits per heavy atom. The summed E-state index contributed by atoms with van der Waals surface area (Å²) in [5.74, 6) is 0.458. The van der Waals surface area contributed by atoms with Gasteiger partial charge in [-0.3, -0.25) is 0 Å². The van der Waals surface area contributed by atoms with Crippen LogP contribution in [0.25, 0.3) is 22.0 Å². The van der Waals surface area contributed by atoms with Crippen LogP contribution in [0, 0.1) is 13.8 Å². The third-order valence-electron chi connectivity index (χ3n) is 5.23. The standard InChI is InChI=1S/C22H21N5O4S2/c1-13-7-8-15(12-20(13)33(24,30)31)21-17-5-3-4-6-18(17)22(27-26-21)25-19-10-9-16(11-14(19)2)32(23,28)29/h3-12H,1-2H3,(H,25,27)(H2,23,28,29)(H2,24,30,31). The van der Waals surface area contributed by atoms with Crippen LogP contribution in [0.3, 0.4) is 0 Å². The molecule has 0 unspecified atom stereocenters. The van der Waals surface area contributed by atoms with Crippen molar-refractivity contribution in [2.24, 2.45) is 10.3 Å². The summed E-state index contributed by atoms with van der Waals surface area (Å²) in [5.41, 5.74) is 2.90. The van der Waals surface area contributed by atoms with Crippen LogP contribution >= 0.6 is 0 Å². The van der Waals surface area contributed by atoms with Crippen molar-refractivity contribution in [1.82, 2.24) is 10.2 Å². The number of nitrogens with one attached hydrogen (secondary N) is 1. The predicted molar refractivity (Wildman–Crippen MR) is 127 cm³/mol. The van der Waals surface area contributed by atoms with Crippen molar-refractivity contribution in [2.75, 3.05) is 5.32 Å². The molecule has 0 saturated heterocycles. The molecule has 5 N–H and O–H groups in total. The zero-order chi connectivity index (χ0) is 24.0. The monoisotopic (exact) mass is 483 g/mol. The van der Waals surface area contributed by atoms with Crippen molar-refractivity contribution < 1.29 is 16.8 Å². The van der Waals surface area contributed by atoms with Gasteiger partial charge in [-0.05, 0) is 49.2 Å². The maximum Gasteiger partial charge on any atom is 0.238 e. The van der Waals surface area contributed by atoms with Gasteiger partial charge in [0.05, 0.1) is 9.79 Å². The minimum Gasteiger partial charge on any atom is -0.338 e. The largest absolute Gasteiger partial charge is 0.338 e. The lowest BCUT2D eigenvalue weighted by Crippen LogP contribution is -2.13. The molecule has 33 heavy (non-hydrogen) atoms. The van der Waals surface area contributed by atoms with Gasteiger partial charge in [-0.1, -0.05) is 36.4 Å². The Balaban J connectivity index is 1.82. The zero-order valence-corrected chi connectivity index (χ0v) is 19.4. The van der Waals surface area contributed by atoms with Crippen molar-refractivity contribution in [2.45, 2.75) is 23.6 Å². The number of nitrogens with zero attached hydrogens (tertiary/aromatic N) is 2. The number of anilines is 2. The van der Waals surface area contributed by atoms with Crippen molar-refractivity contribution in [1.29, 1.82) is 0 Å². The molecule has 1 heterocycles. The first-order chi connectivity index (χ1) is 15.4. The Morgan fingerprint density at radius 3 is 2.09 bits per heavy atom. The molecule has 0 saturated carbocycles. The average molecular weight is 484 g/mol. The van der Waals surface area contributed by atoms with Crippen LogP contribution < -0.4 is 15.6 Å². The molecule has 4 rings (SSSR count). The fourth-order valence-electron chi connectivity index (χ4n) is 3.54. The van der Waals surface area contributed by atoms with Gasteiger partial charge in [0, 0.05) is 22.0 Å². The first-order valence-electron chi connectivity index (χ1n) is 9.75. The summed E-state index contributed by atoms with van der Waals surface area (Å²) in [6, 6.07) is 16.8. The van der Waals surface area contributed by atoms with E-state index in [2.05, 4.69) is 15.5 Å². The van der Waals surface area contributed by atoms with Crippen LogP contribution in [-0.2, 0) is 20.0 Å². The third-order valence-corrected chi connectivity index (χ3v) is 7.20. The zero-order valence-electron chi connectivity index (χ0n) is 17.8. The first-order valence-corrected chi connectivity index (χ1v) is 12.8. The third kappa shape index (κ3) is 4.57. The summed E-state index contributed by atoms with van der Waals surface area (Å²) in [5, 5.41) is 23.9. The van der Waals surface area contributed by atoms with Gasteiger partial charge in [0.15, 0.2) is 5.82 Å². The molecule has 0 aliphatic carbocycles. The number of benzene rings is 3. The molecule has 0 atom stereocenters. The van der Waals surface area contributed by atoms with E-state index < -0.39 is 20.0 Å². The lowest BCUT2D eigenvalue weighted by Gasteiger charge is -2.14. The number of fused-ring (bicyclic) bond motifs is 1. The maximum atomic E-state index is 12.0. The van der Waals surface area contributed by atoms with Gasteiger partial charge in [0.25, 0.3) is 0 Å². The lowest BCUT2D eigenvalue weighted by molar-refractivity contribution is 0.595. The number of sulfonamides is 2. The van der Waals surface area contributed by atoms with Gasteiger partial charge < -0.3 is 5.32 Å². The maximum absolute atomic E-state index is 12.0. The molecule has 170 valence electrons. The molecule has 0 aliphatic heterocycles. The summed E-state index contributed by atoms with van der Waals surface area (Å²) in [6.07, 6.45) is 0. The van der Waals surface area contributed by atoms with E-state index in [9.17, 15) is 16.8 Å². The topological polar surface area (TPSA) is 158 Å². The van der Waals surface area contributed by atoms with E-state index in [0.29, 0.717) is 33.9 Å². The molecular formula is C22H21N5O4S2. The van der Waals surface area contributed by atoms with Crippen LogP contribution in [-0.4, -0.2) is 27.0 Å². The second-order valence-corrected chi connectivity index (χ2v) is 10.7. The highest BCUT2D eigenvalue weighted by molar-refractivity contribution is 7.89. The molecule has 0 aliphatic rings. The Kier molecular flexibility index (Phi) is 5.66. The molecule has 1 aromatic heterocycles. The lowest BCUT2D eigenvalue weighted by atomic mass is 10.0. The Labute approximate surface area is 191 Å². The number of nitrogens with two attached hydrogens (primary N) is 2. The van der Waals surface area contributed by atoms with Crippen LogP contribution in [0.15, 0.2) is 70.5 Å². The fraction of sp³-hybridized carbons (Fsp3) is 0.0909. The second kappa shape index (κ2) is 8.19. The molecule has 0 fully saturated rings. The van der Waals surface area contributed by atoms with E-state index in [-0.39, 0.29) is 9.79 Å². The predicted octanol–water partition coefficient (Wildman–Crippen LogP) is 2.95. The van der Waals surface area contributed by atoms with Gasteiger partial charge in [0.1, 0.15) is 5.69 Å². The van der Waals surface area contributed by atoms with E-state index >= 15 is 0 Å². The Morgan fingerprint density at radius 1 is 0.758 bits per heavy atom. The van der Waals surface area contributed by atoms with Crippen molar-refractivity contribution in [3.8, 4) is 11.3 Å². The fourth-order valence-corrected chi connectivity index (χ4v) is 4.95. The molecule has 4 aromatic rings. The van der Waals surface area contributed by atoms with Crippen LogP contribution in [0.2, 0.25) is 0 Å². The number of aryl methyl sites for hydroxylation is 2. The van der Waals surface area contributed by atoms with Gasteiger partial charge >= 0.3 is 0 Å². The molecule has 0 spiro atoms. The van der Waals surface area contributed by atoms with Crippen LogP contribution in [0.5, 0.6) is 0 Å². The molecular weight excluding hydrogens is 462 g/mol. The van der Waals surface area contributed by atoms with E-state index in [1.54, 1.807) is 32.0 Å². The number of rotatable bonds is 5. The van der Waals surface area contributed by atoms with Crippen LogP contribution in [0.4, 0.5) is 11.5 Å². The normalized spacial score (nSPS) is 12.1. The van der Waals surface area contributed by atoms with Crippen LogP contribution in [0.1, 0.15) is 11.1 Å². The number of aromatic nitrogens is 2. The summed E-state index contributed by atoms with van der Waals surface area (Å²) in [4.78, 5) is 0.0422. The first kappa shape index (κ1) is 22.8.